The Morgan fingerprint density at radius 3 is 2.57 bits per heavy atom. The smallest absolute Gasteiger partial charge is 0.156 e. The van der Waals surface area contributed by atoms with Crippen molar-refractivity contribution in [3.63, 3.8) is 0 Å². The van der Waals surface area contributed by atoms with E-state index in [2.05, 4.69) is 6.92 Å². The van der Waals surface area contributed by atoms with Crippen molar-refractivity contribution in [1.82, 2.24) is 4.57 Å². The standard InChI is InChI=1S/C26H39NO3/c1-25-11-9-20-19-10-12-26(29,17-30-2)15-18(19)5-6-21(20)22(25)7-8-23(25)24(28)16-27-13-3-4-14-27/h3-4,13-14,18-23,29H,5-12,15-17H2,1-2H3/t18-,19-,20+,21+,22-,23+,25-,26+/m0/s1. The number of Topliss-reactive ketones (excluding diaryl/α,β-unsaturated/α-hetero) is 1. The summed E-state index contributed by atoms with van der Waals surface area (Å²) in [6.45, 7) is 3.47. The fraction of sp³-hybridized carbons (Fsp3) is 0.808. The average molecular weight is 414 g/mol. The maximum Gasteiger partial charge on any atom is 0.156 e. The fourth-order valence-electron chi connectivity index (χ4n) is 8.66. The van der Waals surface area contributed by atoms with Crippen molar-refractivity contribution in [3.05, 3.63) is 24.5 Å². The highest BCUT2D eigenvalue weighted by Crippen LogP contribution is 2.64. The van der Waals surface area contributed by atoms with Crippen molar-refractivity contribution >= 4 is 5.78 Å². The van der Waals surface area contributed by atoms with Gasteiger partial charge in [-0.25, -0.2) is 0 Å². The monoisotopic (exact) mass is 413 g/mol. The lowest BCUT2D eigenvalue weighted by molar-refractivity contribution is -0.136. The Morgan fingerprint density at radius 1 is 1.03 bits per heavy atom. The first-order valence-electron chi connectivity index (χ1n) is 12.3. The number of ketones is 1. The molecule has 1 N–H and O–H groups in total. The summed E-state index contributed by atoms with van der Waals surface area (Å²) in [6, 6.07) is 4.02. The van der Waals surface area contributed by atoms with E-state index in [0.29, 0.717) is 24.9 Å². The molecule has 0 amide bonds. The zero-order valence-electron chi connectivity index (χ0n) is 18.8. The van der Waals surface area contributed by atoms with E-state index in [9.17, 15) is 9.90 Å². The normalized spacial score (nSPS) is 45.4. The molecule has 1 aromatic heterocycles. The molecule has 0 aliphatic heterocycles. The summed E-state index contributed by atoms with van der Waals surface area (Å²) >= 11 is 0. The van der Waals surface area contributed by atoms with Crippen molar-refractivity contribution in [2.45, 2.75) is 76.9 Å². The van der Waals surface area contributed by atoms with Crippen LogP contribution >= 0.6 is 0 Å². The SMILES string of the molecule is COC[C@@]1(O)CC[C@H]2[C@@H](CC[C@@H]3[C@@H]2CC[C@]2(C)[C@@H](C(=O)Cn4cccc4)CC[C@@H]32)C1. The summed E-state index contributed by atoms with van der Waals surface area (Å²) in [7, 11) is 1.71. The quantitative estimate of drug-likeness (QED) is 0.761. The Hall–Kier alpha value is -1.13. The van der Waals surface area contributed by atoms with Crippen LogP contribution in [0.4, 0.5) is 0 Å². The molecule has 0 radical (unpaired) electrons. The van der Waals surface area contributed by atoms with Crippen LogP contribution in [0, 0.1) is 40.9 Å². The molecule has 8 atom stereocenters. The second-order valence-corrected chi connectivity index (χ2v) is 11.3. The average Bonchev–Trinajstić information content (AvgIpc) is 3.34. The topological polar surface area (TPSA) is 51.5 Å². The molecule has 4 nitrogen and oxygen atoms in total. The Bertz CT molecular complexity index is 760. The number of rotatable bonds is 5. The van der Waals surface area contributed by atoms with Crippen molar-refractivity contribution in [2.75, 3.05) is 13.7 Å². The molecule has 4 fully saturated rings. The number of carbonyl (C=O) groups is 1. The number of nitrogens with zero attached hydrogens (tertiary/aromatic N) is 1. The summed E-state index contributed by atoms with van der Waals surface area (Å²) in [6.07, 6.45) is 14.4. The van der Waals surface area contributed by atoms with Gasteiger partial charge in [-0.15, -0.1) is 0 Å². The van der Waals surface area contributed by atoms with E-state index in [0.717, 1.165) is 49.4 Å². The summed E-state index contributed by atoms with van der Waals surface area (Å²) in [4.78, 5) is 13.2. The van der Waals surface area contributed by atoms with Crippen LogP contribution in [0.25, 0.3) is 0 Å². The minimum absolute atomic E-state index is 0.198. The number of fused-ring (bicyclic) bond motifs is 5. The molecule has 4 aliphatic rings. The Balaban J connectivity index is 1.29. The molecule has 0 unspecified atom stereocenters. The summed E-state index contributed by atoms with van der Waals surface area (Å²) in [5.74, 6) is 4.45. The van der Waals surface area contributed by atoms with Gasteiger partial charge in [0.05, 0.1) is 18.8 Å². The van der Waals surface area contributed by atoms with Crippen LogP contribution in [0.5, 0.6) is 0 Å². The predicted octanol–water partition coefficient (Wildman–Crippen LogP) is 4.70. The highest BCUT2D eigenvalue weighted by Gasteiger charge is 2.58. The number of carbonyl (C=O) groups excluding carboxylic acids is 1. The van der Waals surface area contributed by atoms with Gasteiger partial charge in [0.2, 0.25) is 0 Å². The van der Waals surface area contributed by atoms with Crippen LogP contribution < -0.4 is 0 Å². The van der Waals surface area contributed by atoms with Gasteiger partial charge in [-0.3, -0.25) is 4.79 Å². The third-order valence-electron chi connectivity index (χ3n) is 9.91. The second kappa shape index (κ2) is 7.78. The molecule has 30 heavy (non-hydrogen) atoms. The van der Waals surface area contributed by atoms with Gasteiger partial charge in [0.15, 0.2) is 5.78 Å². The lowest BCUT2D eigenvalue weighted by atomic mass is 9.49. The second-order valence-electron chi connectivity index (χ2n) is 11.3. The number of aliphatic hydroxyl groups is 1. The molecular weight excluding hydrogens is 374 g/mol. The third kappa shape index (κ3) is 3.39. The molecule has 4 aliphatic carbocycles. The number of aromatic nitrogens is 1. The molecule has 0 saturated heterocycles. The van der Waals surface area contributed by atoms with Gasteiger partial charge in [0.1, 0.15) is 0 Å². The lowest BCUT2D eigenvalue weighted by Gasteiger charge is -2.57. The molecule has 0 aromatic carbocycles. The van der Waals surface area contributed by atoms with Crippen LogP contribution in [-0.2, 0) is 16.1 Å². The lowest BCUT2D eigenvalue weighted by Crippen LogP contribution is -2.52. The van der Waals surface area contributed by atoms with E-state index in [4.69, 9.17) is 4.74 Å². The summed E-state index contributed by atoms with van der Waals surface area (Å²) in [5, 5.41) is 10.9. The highest BCUT2D eigenvalue weighted by atomic mass is 16.5. The van der Waals surface area contributed by atoms with E-state index in [-0.39, 0.29) is 11.3 Å². The first-order valence-corrected chi connectivity index (χ1v) is 12.3. The molecule has 0 spiro atoms. The molecule has 4 heteroatoms. The van der Waals surface area contributed by atoms with E-state index in [1.54, 1.807) is 7.11 Å². The maximum atomic E-state index is 13.2. The first-order chi connectivity index (χ1) is 14.4. The van der Waals surface area contributed by atoms with Crippen LogP contribution in [0.15, 0.2) is 24.5 Å². The molecular formula is C26H39NO3. The minimum atomic E-state index is -0.602. The number of hydrogen-bond donors (Lipinski definition) is 1. The molecule has 166 valence electrons. The van der Waals surface area contributed by atoms with Crippen molar-refractivity contribution in [1.29, 1.82) is 0 Å². The molecule has 5 rings (SSSR count). The van der Waals surface area contributed by atoms with Crippen molar-refractivity contribution in [2.24, 2.45) is 40.9 Å². The largest absolute Gasteiger partial charge is 0.387 e. The molecule has 1 heterocycles. The molecule has 4 saturated carbocycles. The zero-order valence-corrected chi connectivity index (χ0v) is 18.8. The number of hydrogen-bond acceptors (Lipinski definition) is 3. The van der Waals surface area contributed by atoms with Crippen molar-refractivity contribution < 1.29 is 14.6 Å². The Labute approximate surface area is 181 Å². The number of methoxy groups -OCH3 is 1. The fourth-order valence-corrected chi connectivity index (χ4v) is 8.66. The Morgan fingerprint density at radius 2 is 1.80 bits per heavy atom. The van der Waals surface area contributed by atoms with E-state index < -0.39 is 5.60 Å². The Kier molecular flexibility index (Phi) is 5.38. The van der Waals surface area contributed by atoms with E-state index in [1.165, 1.54) is 32.1 Å². The highest BCUT2D eigenvalue weighted by molar-refractivity contribution is 5.82. The van der Waals surface area contributed by atoms with Gasteiger partial charge < -0.3 is 14.4 Å². The first kappa shape index (κ1) is 20.8. The third-order valence-corrected chi connectivity index (χ3v) is 9.91. The molecule has 1 aromatic rings. The van der Waals surface area contributed by atoms with Gasteiger partial charge in [-0.05, 0) is 105 Å². The summed E-state index contributed by atoms with van der Waals surface area (Å²) in [5.41, 5.74) is -0.404. The van der Waals surface area contributed by atoms with Crippen LogP contribution in [0.3, 0.4) is 0 Å². The van der Waals surface area contributed by atoms with E-state index >= 15 is 0 Å². The maximum absolute atomic E-state index is 13.2. The predicted molar refractivity (Wildman–Crippen MR) is 117 cm³/mol. The van der Waals surface area contributed by atoms with E-state index in [1.807, 2.05) is 29.1 Å². The van der Waals surface area contributed by atoms with Crippen LogP contribution in [0.1, 0.15) is 64.7 Å². The van der Waals surface area contributed by atoms with Crippen molar-refractivity contribution in [3.8, 4) is 0 Å². The number of ether oxygens (including phenoxy) is 1. The zero-order chi connectivity index (χ0) is 20.9. The van der Waals surface area contributed by atoms with Gasteiger partial charge in [0, 0.05) is 25.4 Å². The summed E-state index contributed by atoms with van der Waals surface area (Å²) < 4.78 is 7.37. The molecule has 0 bridgehead atoms. The van der Waals surface area contributed by atoms with Gasteiger partial charge in [-0.2, -0.15) is 0 Å². The van der Waals surface area contributed by atoms with Gasteiger partial charge in [-0.1, -0.05) is 6.92 Å². The van der Waals surface area contributed by atoms with Gasteiger partial charge in [0.25, 0.3) is 0 Å². The van der Waals surface area contributed by atoms with Crippen LogP contribution in [-0.4, -0.2) is 34.8 Å². The van der Waals surface area contributed by atoms with Gasteiger partial charge >= 0.3 is 0 Å². The van der Waals surface area contributed by atoms with Crippen LogP contribution in [0.2, 0.25) is 0 Å². The minimum Gasteiger partial charge on any atom is -0.387 e.